The van der Waals surface area contributed by atoms with E-state index in [0.717, 1.165) is 41.8 Å². The molecule has 2 N–H and O–H groups in total. The number of carbonyl (C=O) groups is 2. The number of hydrogen-bond donors (Lipinski definition) is 2. The predicted molar refractivity (Wildman–Crippen MR) is 115 cm³/mol. The van der Waals surface area contributed by atoms with Crippen LogP contribution < -0.4 is 5.32 Å². The number of rotatable bonds is 5. The third-order valence-corrected chi connectivity index (χ3v) is 6.12. The van der Waals surface area contributed by atoms with Crippen molar-refractivity contribution in [2.24, 2.45) is 0 Å². The second-order valence-corrected chi connectivity index (χ2v) is 8.05. The maximum Gasteiger partial charge on any atom is 0.323 e. The van der Waals surface area contributed by atoms with Gasteiger partial charge in [0.05, 0.1) is 18.8 Å². The van der Waals surface area contributed by atoms with Crippen LogP contribution in [0.3, 0.4) is 0 Å². The highest BCUT2D eigenvalue weighted by molar-refractivity contribution is 6.36. The maximum atomic E-state index is 12.6. The number of nitrogens with one attached hydrogen (secondary N) is 1. The summed E-state index contributed by atoms with van der Waals surface area (Å²) in [5.41, 5.74) is 5.50. The molecule has 31 heavy (non-hydrogen) atoms. The Bertz CT molecular complexity index is 1080. The van der Waals surface area contributed by atoms with E-state index in [4.69, 9.17) is 9.47 Å². The highest BCUT2D eigenvalue weighted by Crippen LogP contribution is 2.41. The molecule has 1 amide bonds. The molecule has 3 aliphatic rings. The van der Waals surface area contributed by atoms with Gasteiger partial charge < -0.3 is 19.9 Å². The summed E-state index contributed by atoms with van der Waals surface area (Å²) in [5.74, 6) is -0.319. The maximum absolute atomic E-state index is 12.6. The SMILES string of the molecule is O=C1Nc2ccccc2/C1=C1\OCc2cc(CCCN3CCOCC3C(=O)O)ccc21. The molecule has 1 saturated heterocycles. The van der Waals surface area contributed by atoms with Crippen LogP contribution in [0.4, 0.5) is 5.69 Å². The molecule has 0 bridgehead atoms. The van der Waals surface area contributed by atoms with E-state index in [2.05, 4.69) is 17.4 Å². The normalized spacial score (nSPS) is 22.6. The van der Waals surface area contributed by atoms with E-state index in [0.29, 0.717) is 31.1 Å². The van der Waals surface area contributed by atoms with E-state index in [1.165, 1.54) is 5.56 Å². The van der Waals surface area contributed by atoms with Crippen LogP contribution in [0, 0.1) is 0 Å². The molecule has 3 aliphatic heterocycles. The number of anilines is 1. The molecule has 0 spiro atoms. The number of benzene rings is 2. The number of carboxylic acids is 1. The zero-order valence-electron chi connectivity index (χ0n) is 17.1. The van der Waals surface area contributed by atoms with Crippen molar-refractivity contribution in [3.05, 3.63) is 64.7 Å². The number of hydrogen-bond acceptors (Lipinski definition) is 5. The van der Waals surface area contributed by atoms with Gasteiger partial charge in [-0.15, -0.1) is 0 Å². The Morgan fingerprint density at radius 2 is 2.06 bits per heavy atom. The van der Waals surface area contributed by atoms with Gasteiger partial charge in [0, 0.05) is 28.9 Å². The first-order chi connectivity index (χ1) is 15.1. The number of ether oxygens (including phenoxy) is 2. The van der Waals surface area contributed by atoms with E-state index in [-0.39, 0.29) is 12.5 Å². The van der Waals surface area contributed by atoms with Gasteiger partial charge in [0.25, 0.3) is 5.91 Å². The molecule has 1 atom stereocenters. The van der Waals surface area contributed by atoms with Crippen LogP contribution in [-0.4, -0.2) is 54.2 Å². The molecule has 1 fully saturated rings. The van der Waals surface area contributed by atoms with Crippen molar-refractivity contribution in [1.82, 2.24) is 4.90 Å². The van der Waals surface area contributed by atoms with Crippen LogP contribution in [0.1, 0.15) is 28.7 Å². The van der Waals surface area contributed by atoms with Crippen LogP contribution in [-0.2, 0) is 32.1 Å². The largest absolute Gasteiger partial charge is 0.487 e. The van der Waals surface area contributed by atoms with Crippen molar-refractivity contribution in [3.63, 3.8) is 0 Å². The van der Waals surface area contributed by atoms with Crippen molar-refractivity contribution in [1.29, 1.82) is 0 Å². The highest BCUT2D eigenvalue weighted by atomic mass is 16.5. The fourth-order valence-corrected chi connectivity index (χ4v) is 4.54. The smallest absolute Gasteiger partial charge is 0.323 e. The van der Waals surface area contributed by atoms with Gasteiger partial charge in [0.2, 0.25) is 0 Å². The molecule has 2 aromatic carbocycles. The molecule has 0 aromatic heterocycles. The van der Waals surface area contributed by atoms with Gasteiger partial charge in [-0.05, 0) is 31.0 Å². The Labute approximate surface area is 180 Å². The lowest BCUT2D eigenvalue weighted by Gasteiger charge is -2.32. The van der Waals surface area contributed by atoms with Gasteiger partial charge in [-0.25, -0.2) is 0 Å². The average molecular weight is 420 g/mol. The first kappa shape index (κ1) is 19.8. The number of amides is 1. The summed E-state index contributed by atoms with van der Waals surface area (Å²) in [6, 6.07) is 13.3. The molecule has 0 radical (unpaired) electrons. The minimum Gasteiger partial charge on any atom is -0.487 e. The zero-order chi connectivity index (χ0) is 21.4. The summed E-state index contributed by atoms with van der Waals surface area (Å²) in [5, 5.41) is 12.3. The van der Waals surface area contributed by atoms with Crippen molar-refractivity contribution in [3.8, 4) is 0 Å². The number of aliphatic carboxylic acids is 1. The molecule has 5 rings (SSSR count). The number of morpholine rings is 1. The van der Waals surface area contributed by atoms with Gasteiger partial charge in [0.15, 0.2) is 0 Å². The standard InChI is InChI=1S/C24H24N2O5/c27-23-21(18-5-1-2-6-19(18)25-23)22-17-8-7-15(12-16(17)13-31-22)4-3-9-26-10-11-30-14-20(26)24(28)29/h1-2,5-8,12,20H,3-4,9-11,13-14H2,(H,25,27)(H,28,29)/b22-21+. The number of nitrogens with zero attached hydrogens (tertiary/aromatic N) is 1. The molecule has 0 saturated carbocycles. The quantitative estimate of drug-likeness (QED) is 0.724. The Hall–Kier alpha value is -3.16. The third kappa shape index (κ3) is 3.71. The lowest BCUT2D eigenvalue weighted by atomic mass is 9.98. The van der Waals surface area contributed by atoms with E-state index in [1.807, 2.05) is 35.2 Å². The Balaban J connectivity index is 1.30. The molecule has 3 heterocycles. The minimum absolute atomic E-state index is 0.133. The fraction of sp³-hybridized carbons (Fsp3) is 0.333. The number of carbonyl (C=O) groups excluding carboxylic acids is 1. The summed E-state index contributed by atoms with van der Waals surface area (Å²) in [6.07, 6.45) is 1.72. The van der Waals surface area contributed by atoms with Crippen molar-refractivity contribution in [2.75, 3.05) is 31.6 Å². The van der Waals surface area contributed by atoms with Crippen LogP contribution in [0.15, 0.2) is 42.5 Å². The minimum atomic E-state index is -0.826. The lowest BCUT2D eigenvalue weighted by Crippen LogP contribution is -2.50. The molecule has 1 unspecified atom stereocenters. The van der Waals surface area contributed by atoms with Crippen LogP contribution in [0.25, 0.3) is 11.3 Å². The second-order valence-electron chi connectivity index (χ2n) is 8.05. The Kier molecular flexibility index (Phi) is 5.21. The fourth-order valence-electron chi connectivity index (χ4n) is 4.54. The van der Waals surface area contributed by atoms with Gasteiger partial charge in [-0.2, -0.15) is 0 Å². The van der Waals surface area contributed by atoms with E-state index < -0.39 is 12.0 Å². The number of fused-ring (bicyclic) bond motifs is 2. The number of aryl methyl sites for hydroxylation is 1. The summed E-state index contributed by atoms with van der Waals surface area (Å²) in [4.78, 5) is 25.9. The van der Waals surface area contributed by atoms with E-state index in [1.54, 1.807) is 0 Å². The lowest BCUT2D eigenvalue weighted by molar-refractivity contribution is -0.149. The molecule has 0 aliphatic carbocycles. The monoisotopic (exact) mass is 420 g/mol. The van der Waals surface area contributed by atoms with Crippen molar-refractivity contribution >= 4 is 28.9 Å². The average Bonchev–Trinajstić information content (AvgIpc) is 3.33. The van der Waals surface area contributed by atoms with Crippen molar-refractivity contribution in [2.45, 2.75) is 25.5 Å². The summed E-state index contributed by atoms with van der Waals surface area (Å²) in [6.45, 7) is 2.64. The zero-order valence-corrected chi connectivity index (χ0v) is 17.1. The van der Waals surface area contributed by atoms with Crippen molar-refractivity contribution < 1.29 is 24.2 Å². The first-order valence-electron chi connectivity index (χ1n) is 10.6. The van der Waals surface area contributed by atoms with E-state index >= 15 is 0 Å². The van der Waals surface area contributed by atoms with Crippen LogP contribution in [0.5, 0.6) is 0 Å². The second kappa shape index (κ2) is 8.17. The van der Waals surface area contributed by atoms with Gasteiger partial charge in [-0.1, -0.05) is 36.4 Å². The van der Waals surface area contributed by atoms with Gasteiger partial charge >= 0.3 is 5.97 Å². The summed E-state index contributed by atoms with van der Waals surface area (Å²) in [7, 11) is 0. The Morgan fingerprint density at radius 3 is 2.94 bits per heavy atom. The van der Waals surface area contributed by atoms with E-state index in [9.17, 15) is 14.7 Å². The molecular formula is C24H24N2O5. The third-order valence-electron chi connectivity index (χ3n) is 6.12. The van der Waals surface area contributed by atoms with Crippen LogP contribution >= 0.6 is 0 Å². The van der Waals surface area contributed by atoms with Gasteiger partial charge in [0.1, 0.15) is 18.4 Å². The number of carboxylic acid groups (broad SMARTS) is 1. The topological polar surface area (TPSA) is 88.1 Å². The molecular weight excluding hydrogens is 396 g/mol. The Morgan fingerprint density at radius 1 is 1.19 bits per heavy atom. The molecule has 2 aromatic rings. The van der Waals surface area contributed by atoms with Crippen LogP contribution in [0.2, 0.25) is 0 Å². The molecule has 160 valence electrons. The highest BCUT2D eigenvalue weighted by Gasteiger charge is 2.32. The predicted octanol–water partition coefficient (Wildman–Crippen LogP) is 2.76. The first-order valence-corrected chi connectivity index (χ1v) is 10.6. The number of para-hydroxylation sites is 1. The summed E-state index contributed by atoms with van der Waals surface area (Å²) >= 11 is 0. The van der Waals surface area contributed by atoms with Gasteiger partial charge in [-0.3, -0.25) is 14.5 Å². The molecule has 7 nitrogen and oxygen atoms in total. The molecule has 7 heteroatoms. The summed E-state index contributed by atoms with van der Waals surface area (Å²) < 4.78 is 11.3.